The van der Waals surface area contributed by atoms with Crippen molar-refractivity contribution in [2.45, 2.75) is 19.2 Å². The number of nitrogens with zero attached hydrogens (tertiary/aromatic N) is 3. The van der Waals surface area contributed by atoms with Crippen LogP contribution in [0.1, 0.15) is 6.92 Å². The number of thiazole rings is 1. The van der Waals surface area contributed by atoms with Crippen molar-refractivity contribution in [3.63, 3.8) is 0 Å². The zero-order valence-corrected chi connectivity index (χ0v) is 8.73. The number of hydrogen-bond donors (Lipinski definition) is 1. The van der Waals surface area contributed by atoms with E-state index in [4.69, 9.17) is 0 Å². The van der Waals surface area contributed by atoms with Gasteiger partial charge in [-0.1, -0.05) is 0 Å². The third-order valence-electron chi connectivity index (χ3n) is 2.44. The molecule has 1 aliphatic heterocycles. The van der Waals surface area contributed by atoms with Crippen LogP contribution in [-0.2, 0) is 0 Å². The summed E-state index contributed by atoms with van der Waals surface area (Å²) < 4.78 is 0. The number of rotatable bonds is 1. The van der Waals surface area contributed by atoms with Crippen LogP contribution in [0.4, 0.5) is 9.93 Å². The molecular weight excluding hydrogens is 202 g/mol. The van der Waals surface area contributed by atoms with Crippen molar-refractivity contribution in [2.24, 2.45) is 0 Å². The Morgan fingerprint density at radius 3 is 2.79 bits per heavy atom. The average Bonchev–Trinajstić information content (AvgIpc) is 2.73. The monoisotopic (exact) mass is 213 g/mol. The van der Waals surface area contributed by atoms with E-state index in [0.717, 1.165) is 0 Å². The number of aromatic nitrogens is 1. The second-order valence-corrected chi connectivity index (χ2v) is 4.11. The fraction of sp³-hybridized carbons (Fsp3) is 0.500. The Balaban J connectivity index is 2.33. The fourth-order valence-electron chi connectivity index (χ4n) is 1.40. The van der Waals surface area contributed by atoms with E-state index >= 15 is 0 Å². The van der Waals surface area contributed by atoms with Gasteiger partial charge in [0.1, 0.15) is 0 Å². The lowest BCUT2D eigenvalue weighted by Gasteiger charge is -2.16. The van der Waals surface area contributed by atoms with Gasteiger partial charge in [-0.25, -0.2) is 14.7 Å². The standard InChI is InChI=1S/C8H11N3O2S/c1-5-6(12)11(8(13)10(5)2)7-9-3-4-14-7/h3-6,12H,1-2H3/t5-,6+/m0/s1. The molecule has 1 aromatic heterocycles. The lowest BCUT2D eigenvalue weighted by Crippen LogP contribution is -2.35. The van der Waals surface area contributed by atoms with Crippen molar-refractivity contribution in [2.75, 3.05) is 11.9 Å². The molecular formula is C8H11N3O2S. The van der Waals surface area contributed by atoms with E-state index in [9.17, 15) is 9.90 Å². The number of aliphatic hydroxyl groups excluding tert-OH is 1. The summed E-state index contributed by atoms with van der Waals surface area (Å²) in [7, 11) is 1.67. The predicted molar refractivity (Wildman–Crippen MR) is 53.2 cm³/mol. The zero-order chi connectivity index (χ0) is 10.3. The van der Waals surface area contributed by atoms with Gasteiger partial charge < -0.3 is 10.0 Å². The first-order valence-electron chi connectivity index (χ1n) is 4.26. The Labute approximate surface area is 85.6 Å². The van der Waals surface area contributed by atoms with Gasteiger partial charge in [-0.2, -0.15) is 0 Å². The summed E-state index contributed by atoms with van der Waals surface area (Å²) in [5.74, 6) is 0. The van der Waals surface area contributed by atoms with E-state index < -0.39 is 6.23 Å². The summed E-state index contributed by atoms with van der Waals surface area (Å²) in [6.07, 6.45) is 0.807. The number of hydrogen-bond acceptors (Lipinski definition) is 4. The van der Waals surface area contributed by atoms with Crippen LogP contribution in [-0.4, -0.2) is 40.3 Å². The molecule has 1 saturated heterocycles. The summed E-state index contributed by atoms with van der Waals surface area (Å²) in [5.41, 5.74) is 0. The maximum Gasteiger partial charge on any atom is 0.328 e. The first kappa shape index (κ1) is 9.42. The maximum atomic E-state index is 11.7. The molecule has 14 heavy (non-hydrogen) atoms. The number of anilines is 1. The molecule has 5 nitrogen and oxygen atoms in total. The molecule has 6 heteroatoms. The highest BCUT2D eigenvalue weighted by molar-refractivity contribution is 7.13. The molecule has 2 heterocycles. The molecule has 2 rings (SSSR count). The number of carbonyl (C=O) groups excluding carboxylic acids is 1. The maximum absolute atomic E-state index is 11.7. The minimum absolute atomic E-state index is 0.202. The van der Waals surface area contributed by atoms with Gasteiger partial charge in [0, 0.05) is 18.6 Å². The van der Waals surface area contributed by atoms with Crippen molar-refractivity contribution in [3.05, 3.63) is 11.6 Å². The van der Waals surface area contributed by atoms with Gasteiger partial charge in [-0.15, -0.1) is 11.3 Å². The third-order valence-corrected chi connectivity index (χ3v) is 3.21. The van der Waals surface area contributed by atoms with Crippen LogP contribution >= 0.6 is 11.3 Å². The highest BCUT2D eigenvalue weighted by atomic mass is 32.1. The largest absolute Gasteiger partial charge is 0.371 e. The first-order chi connectivity index (χ1) is 6.63. The predicted octanol–water partition coefficient (Wildman–Crippen LogP) is 0.722. The van der Waals surface area contributed by atoms with E-state index in [1.165, 1.54) is 21.1 Å². The van der Waals surface area contributed by atoms with E-state index in [0.29, 0.717) is 5.13 Å². The van der Waals surface area contributed by atoms with Crippen molar-refractivity contribution in [1.82, 2.24) is 9.88 Å². The number of aliphatic hydroxyl groups is 1. The van der Waals surface area contributed by atoms with Gasteiger partial charge in [0.05, 0.1) is 6.04 Å². The SMILES string of the molecule is C[C@H]1[C@@H](O)N(c2nccs2)C(=O)N1C. The minimum Gasteiger partial charge on any atom is -0.371 e. The van der Waals surface area contributed by atoms with E-state index in [1.807, 2.05) is 0 Å². The van der Waals surface area contributed by atoms with Crippen LogP contribution in [0.25, 0.3) is 0 Å². The van der Waals surface area contributed by atoms with Gasteiger partial charge in [-0.05, 0) is 6.92 Å². The smallest absolute Gasteiger partial charge is 0.328 e. The zero-order valence-electron chi connectivity index (χ0n) is 7.91. The molecule has 0 saturated carbocycles. The normalized spacial score (nSPS) is 27.5. The molecule has 0 aromatic carbocycles. The van der Waals surface area contributed by atoms with Gasteiger partial charge in [-0.3, -0.25) is 0 Å². The van der Waals surface area contributed by atoms with E-state index in [2.05, 4.69) is 4.98 Å². The van der Waals surface area contributed by atoms with Gasteiger partial charge in [0.15, 0.2) is 11.4 Å². The van der Waals surface area contributed by atoms with Gasteiger partial charge in [0.2, 0.25) is 0 Å². The molecule has 76 valence electrons. The second-order valence-electron chi connectivity index (χ2n) is 3.23. The number of likely N-dealkylation sites (N-methyl/N-ethyl adjacent to an activating group) is 1. The van der Waals surface area contributed by atoms with E-state index in [1.54, 1.807) is 25.5 Å². The molecule has 0 aliphatic carbocycles. The van der Waals surface area contributed by atoms with Crippen LogP contribution < -0.4 is 4.90 Å². The topological polar surface area (TPSA) is 56.7 Å². The summed E-state index contributed by atoms with van der Waals surface area (Å²) in [4.78, 5) is 18.5. The fourth-order valence-corrected chi connectivity index (χ4v) is 2.07. The summed E-state index contributed by atoms with van der Waals surface area (Å²) in [6, 6.07) is -0.411. The Kier molecular flexibility index (Phi) is 2.16. The molecule has 2 atom stereocenters. The Morgan fingerprint density at radius 1 is 1.64 bits per heavy atom. The van der Waals surface area contributed by atoms with Crippen molar-refractivity contribution in [3.8, 4) is 0 Å². The van der Waals surface area contributed by atoms with E-state index in [-0.39, 0.29) is 12.1 Å². The molecule has 1 aromatic rings. The lowest BCUT2D eigenvalue weighted by atomic mass is 10.3. The van der Waals surface area contributed by atoms with Gasteiger partial charge in [0.25, 0.3) is 0 Å². The summed E-state index contributed by atoms with van der Waals surface area (Å²) >= 11 is 1.34. The summed E-state index contributed by atoms with van der Waals surface area (Å²) in [5, 5.41) is 12.1. The Bertz CT molecular complexity index is 340. The van der Waals surface area contributed by atoms with Crippen LogP contribution in [0.2, 0.25) is 0 Å². The van der Waals surface area contributed by atoms with Gasteiger partial charge >= 0.3 is 6.03 Å². The van der Waals surface area contributed by atoms with Crippen LogP contribution in [0.15, 0.2) is 11.6 Å². The third kappa shape index (κ3) is 1.18. The van der Waals surface area contributed by atoms with Crippen molar-refractivity contribution in [1.29, 1.82) is 0 Å². The van der Waals surface area contributed by atoms with Crippen molar-refractivity contribution < 1.29 is 9.90 Å². The number of urea groups is 1. The molecule has 1 aliphatic rings. The highest BCUT2D eigenvalue weighted by Crippen LogP contribution is 2.27. The first-order valence-corrected chi connectivity index (χ1v) is 5.14. The quantitative estimate of drug-likeness (QED) is 0.748. The van der Waals surface area contributed by atoms with Crippen molar-refractivity contribution >= 4 is 22.5 Å². The summed E-state index contributed by atoms with van der Waals surface area (Å²) in [6.45, 7) is 1.80. The molecule has 1 N–H and O–H groups in total. The highest BCUT2D eigenvalue weighted by Gasteiger charge is 2.42. The minimum atomic E-state index is -0.807. The Hall–Kier alpha value is -1.14. The number of amides is 2. The molecule has 0 unspecified atom stereocenters. The van der Waals surface area contributed by atoms with Crippen LogP contribution in [0.5, 0.6) is 0 Å². The number of carbonyl (C=O) groups is 1. The molecule has 1 fully saturated rings. The molecule has 0 radical (unpaired) electrons. The second kappa shape index (κ2) is 3.21. The Morgan fingerprint density at radius 2 is 2.36 bits per heavy atom. The van der Waals surface area contributed by atoms with Crippen LogP contribution in [0, 0.1) is 0 Å². The average molecular weight is 213 g/mol. The molecule has 0 spiro atoms. The molecule has 2 amide bonds. The molecule has 0 bridgehead atoms. The van der Waals surface area contributed by atoms with Crippen LogP contribution in [0.3, 0.4) is 0 Å². The lowest BCUT2D eigenvalue weighted by molar-refractivity contribution is 0.138.